The first-order valence-electron chi connectivity index (χ1n) is 4.27. The minimum absolute atomic E-state index is 0.0776. The summed E-state index contributed by atoms with van der Waals surface area (Å²) in [5.74, 6) is 0. The summed E-state index contributed by atoms with van der Waals surface area (Å²) in [6.07, 6.45) is 0.0776. The Kier molecular flexibility index (Phi) is 5.80. The van der Waals surface area contributed by atoms with Crippen molar-refractivity contribution in [3.05, 3.63) is 32.2 Å². The summed E-state index contributed by atoms with van der Waals surface area (Å²) < 4.78 is 7.55. The van der Waals surface area contributed by atoms with Gasteiger partial charge in [0.2, 0.25) is 0 Å². The SMILES string of the molecule is COC(C)c1cc(Br)c(C(Br)Br)cc1Br. The van der Waals surface area contributed by atoms with Crippen molar-refractivity contribution in [1.29, 1.82) is 0 Å². The predicted octanol–water partition coefficient (Wildman–Crippen LogP) is 5.71. The highest BCUT2D eigenvalue weighted by molar-refractivity contribution is 9.24. The summed E-state index contributed by atoms with van der Waals surface area (Å²) in [4.78, 5) is 0. The lowest BCUT2D eigenvalue weighted by Crippen LogP contribution is -1.98. The fraction of sp³-hybridized carbons (Fsp3) is 0.400. The van der Waals surface area contributed by atoms with Crippen LogP contribution >= 0.6 is 63.7 Å². The van der Waals surface area contributed by atoms with E-state index in [2.05, 4.69) is 75.9 Å². The molecule has 0 N–H and O–H groups in total. The Balaban J connectivity index is 3.19. The van der Waals surface area contributed by atoms with E-state index in [1.165, 1.54) is 0 Å². The maximum atomic E-state index is 5.30. The molecular weight excluding hydrogens is 456 g/mol. The molecule has 1 nitrogen and oxygen atoms in total. The second-order valence-corrected chi connectivity index (χ2v) is 7.84. The summed E-state index contributed by atoms with van der Waals surface area (Å²) in [6.45, 7) is 2.02. The van der Waals surface area contributed by atoms with Crippen LogP contribution in [0.3, 0.4) is 0 Å². The maximum Gasteiger partial charge on any atom is 0.0957 e. The zero-order valence-electron chi connectivity index (χ0n) is 8.23. The Morgan fingerprint density at radius 1 is 1.07 bits per heavy atom. The van der Waals surface area contributed by atoms with Gasteiger partial charge in [-0.15, -0.1) is 0 Å². The van der Waals surface area contributed by atoms with Crippen LogP contribution in [0.1, 0.15) is 27.9 Å². The van der Waals surface area contributed by atoms with Gasteiger partial charge in [0.15, 0.2) is 0 Å². The molecule has 1 unspecified atom stereocenters. The number of hydrogen-bond donors (Lipinski definition) is 0. The average molecular weight is 466 g/mol. The molecular formula is C10H10Br4O. The third-order valence-electron chi connectivity index (χ3n) is 2.14. The van der Waals surface area contributed by atoms with Gasteiger partial charge in [-0.1, -0.05) is 63.7 Å². The van der Waals surface area contributed by atoms with Crippen LogP contribution in [0.2, 0.25) is 0 Å². The summed E-state index contributed by atoms with van der Waals surface area (Å²) in [5.41, 5.74) is 2.28. The van der Waals surface area contributed by atoms with E-state index < -0.39 is 0 Å². The van der Waals surface area contributed by atoms with Gasteiger partial charge in [-0.25, -0.2) is 0 Å². The van der Waals surface area contributed by atoms with E-state index in [4.69, 9.17) is 4.74 Å². The lowest BCUT2D eigenvalue weighted by Gasteiger charge is -2.15. The maximum absolute atomic E-state index is 5.30. The average Bonchev–Trinajstić information content (AvgIpc) is 2.19. The molecule has 84 valence electrons. The van der Waals surface area contributed by atoms with E-state index in [-0.39, 0.29) is 9.84 Å². The van der Waals surface area contributed by atoms with Crippen LogP contribution in [0.15, 0.2) is 21.1 Å². The number of halogens is 4. The van der Waals surface area contributed by atoms with E-state index in [1.54, 1.807) is 7.11 Å². The van der Waals surface area contributed by atoms with Crippen LogP contribution in [0, 0.1) is 0 Å². The Hall–Kier alpha value is 1.10. The molecule has 1 rings (SSSR count). The lowest BCUT2D eigenvalue weighted by molar-refractivity contribution is 0.119. The normalized spacial score (nSPS) is 13.3. The molecule has 0 heterocycles. The van der Waals surface area contributed by atoms with Gasteiger partial charge in [-0.3, -0.25) is 0 Å². The topological polar surface area (TPSA) is 9.23 Å². The number of methoxy groups -OCH3 is 1. The zero-order chi connectivity index (χ0) is 11.6. The van der Waals surface area contributed by atoms with Gasteiger partial charge in [0.25, 0.3) is 0 Å². The molecule has 0 bridgehead atoms. The molecule has 0 aliphatic rings. The van der Waals surface area contributed by atoms with Crippen LogP contribution in [0.25, 0.3) is 0 Å². The standard InChI is InChI=1S/C10H10Br4O/c1-5(15-2)6-3-9(12)7(10(13)14)4-8(6)11/h3-5,10H,1-2H3. The van der Waals surface area contributed by atoms with Crippen LogP contribution in [0.4, 0.5) is 0 Å². The number of rotatable bonds is 3. The molecule has 0 spiro atoms. The molecule has 0 saturated heterocycles. The second-order valence-electron chi connectivity index (χ2n) is 3.07. The van der Waals surface area contributed by atoms with E-state index in [0.717, 1.165) is 20.1 Å². The van der Waals surface area contributed by atoms with Crippen molar-refractivity contribution in [3.63, 3.8) is 0 Å². The summed E-state index contributed by atoms with van der Waals surface area (Å²) >= 11 is 14.1. The first-order chi connectivity index (χ1) is 6.97. The van der Waals surface area contributed by atoms with E-state index in [9.17, 15) is 0 Å². The first kappa shape index (κ1) is 14.2. The van der Waals surface area contributed by atoms with Gasteiger partial charge in [0, 0.05) is 16.1 Å². The molecule has 1 aromatic carbocycles. The third kappa shape index (κ3) is 3.53. The predicted molar refractivity (Wildman–Crippen MR) is 77.9 cm³/mol. The van der Waals surface area contributed by atoms with Crippen molar-refractivity contribution in [2.24, 2.45) is 0 Å². The van der Waals surface area contributed by atoms with Crippen molar-refractivity contribution in [2.75, 3.05) is 7.11 Å². The molecule has 0 saturated carbocycles. The molecule has 1 aromatic rings. The quantitative estimate of drug-likeness (QED) is 0.520. The van der Waals surface area contributed by atoms with Crippen molar-refractivity contribution in [1.82, 2.24) is 0 Å². The van der Waals surface area contributed by atoms with Crippen LogP contribution in [-0.2, 0) is 4.74 Å². The molecule has 0 aliphatic heterocycles. The minimum Gasteiger partial charge on any atom is -0.377 e. The number of hydrogen-bond acceptors (Lipinski definition) is 1. The fourth-order valence-corrected chi connectivity index (χ4v) is 3.83. The van der Waals surface area contributed by atoms with E-state index in [0.29, 0.717) is 0 Å². The summed E-state index contributed by atoms with van der Waals surface area (Å²) in [7, 11) is 1.71. The van der Waals surface area contributed by atoms with Gasteiger partial charge in [-0.05, 0) is 30.2 Å². The Labute approximate surface area is 123 Å². The van der Waals surface area contributed by atoms with Gasteiger partial charge in [0.05, 0.1) is 9.84 Å². The highest BCUT2D eigenvalue weighted by atomic mass is 79.9. The minimum atomic E-state index is 0.0776. The van der Waals surface area contributed by atoms with Crippen molar-refractivity contribution < 1.29 is 4.74 Å². The van der Waals surface area contributed by atoms with Gasteiger partial charge < -0.3 is 4.74 Å². The van der Waals surface area contributed by atoms with E-state index in [1.807, 2.05) is 6.92 Å². The van der Waals surface area contributed by atoms with Crippen molar-refractivity contribution in [3.8, 4) is 0 Å². The van der Waals surface area contributed by atoms with Crippen molar-refractivity contribution in [2.45, 2.75) is 16.8 Å². The largest absolute Gasteiger partial charge is 0.377 e. The first-order valence-corrected chi connectivity index (χ1v) is 7.69. The molecule has 0 radical (unpaired) electrons. The molecule has 15 heavy (non-hydrogen) atoms. The summed E-state index contributed by atoms with van der Waals surface area (Å²) in [6, 6.07) is 4.15. The van der Waals surface area contributed by atoms with Gasteiger partial charge in [-0.2, -0.15) is 0 Å². The Morgan fingerprint density at radius 3 is 2.00 bits per heavy atom. The summed E-state index contributed by atoms with van der Waals surface area (Å²) in [5, 5.41) is 0. The number of ether oxygens (including phenoxy) is 1. The third-order valence-corrected chi connectivity index (χ3v) is 4.50. The Bertz CT molecular complexity index is 352. The van der Waals surface area contributed by atoms with Crippen LogP contribution in [-0.4, -0.2) is 7.11 Å². The molecule has 5 heteroatoms. The molecule has 1 atom stereocenters. The Morgan fingerprint density at radius 2 is 1.53 bits per heavy atom. The molecule has 0 fully saturated rings. The van der Waals surface area contributed by atoms with Crippen molar-refractivity contribution >= 4 is 63.7 Å². The monoisotopic (exact) mass is 462 g/mol. The highest BCUT2D eigenvalue weighted by Crippen LogP contribution is 2.39. The number of benzene rings is 1. The lowest BCUT2D eigenvalue weighted by atomic mass is 10.1. The van der Waals surface area contributed by atoms with Crippen LogP contribution in [0.5, 0.6) is 0 Å². The zero-order valence-corrected chi connectivity index (χ0v) is 14.6. The van der Waals surface area contributed by atoms with E-state index >= 15 is 0 Å². The fourth-order valence-electron chi connectivity index (χ4n) is 1.18. The molecule has 0 amide bonds. The van der Waals surface area contributed by atoms with Gasteiger partial charge >= 0.3 is 0 Å². The second kappa shape index (κ2) is 6.15. The highest BCUT2D eigenvalue weighted by Gasteiger charge is 2.14. The smallest absolute Gasteiger partial charge is 0.0957 e. The molecule has 0 aliphatic carbocycles. The molecule has 0 aromatic heterocycles. The number of alkyl halides is 2. The van der Waals surface area contributed by atoms with Crippen LogP contribution < -0.4 is 0 Å². The van der Waals surface area contributed by atoms with Gasteiger partial charge in [0.1, 0.15) is 0 Å².